The van der Waals surface area contributed by atoms with Gasteiger partial charge < -0.3 is 14.8 Å². The van der Waals surface area contributed by atoms with Crippen molar-refractivity contribution in [2.24, 2.45) is 0 Å². The number of benzene rings is 2. The minimum absolute atomic E-state index is 0.723. The molecule has 0 atom stereocenters. The number of hydrogen-bond acceptors (Lipinski definition) is 4. The van der Waals surface area contributed by atoms with Crippen LogP contribution in [0.15, 0.2) is 53.4 Å². The molecule has 0 bridgehead atoms. The first-order chi connectivity index (χ1) is 10.4. The van der Waals surface area contributed by atoms with Crippen molar-refractivity contribution in [3.63, 3.8) is 0 Å². The Morgan fingerprint density at radius 2 is 1.76 bits per heavy atom. The Bertz CT molecular complexity index is 574. The molecular weight excluding hydrogens is 282 g/mol. The summed E-state index contributed by atoms with van der Waals surface area (Å²) in [5.74, 6) is 2.71. The van der Waals surface area contributed by atoms with E-state index in [1.54, 1.807) is 0 Å². The molecular formula is C17H19NO2S. The third kappa shape index (κ3) is 4.08. The molecule has 0 fully saturated rings. The minimum atomic E-state index is 0.723. The zero-order valence-corrected chi connectivity index (χ0v) is 12.7. The molecule has 1 aliphatic rings. The first-order valence-electron chi connectivity index (χ1n) is 7.23. The molecule has 4 heteroatoms. The van der Waals surface area contributed by atoms with Crippen LogP contribution >= 0.6 is 11.8 Å². The minimum Gasteiger partial charge on any atom is -0.490 e. The van der Waals surface area contributed by atoms with E-state index in [1.807, 2.05) is 36.0 Å². The van der Waals surface area contributed by atoms with E-state index in [4.69, 9.17) is 9.47 Å². The monoisotopic (exact) mass is 301 g/mol. The van der Waals surface area contributed by atoms with Crippen LogP contribution in [0, 0.1) is 0 Å². The fraction of sp³-hybridized carbons (Fsp3) is 0.294. The van der Waals surface area contributed by atoms with Gasteiger partial charge >= 0.3 is 0 Å². The van der Waals surface area contributed by atoms with Gasteiger partial charge in [0, 0.05) is 35.4 Å². The summed E-state index contributed by atoms with van der Waals surface area (Å²) >= 11 is 1.85. The SMILES string of the molecule is c1ccc(SCCNc2ccc3c(c2)OCCCO3)cc1. The Labute approximate surface area is 129 Å². The molecule has 1 aliphatic heterocycles. The van der Waals surface area contributed by atoms with Crippen LogP contribution in [-0.4, -0.2) is 25.5 Å². The van der Waals surface area contributed by atoms with Crippen LogP contribution in [0.25, 0.3) is 0 Å². The summed E-state index contributed by atoms with van der Waals surface area (Å²) in [5.41, 5.74) is 1.08. The number of nitrogens with one attached hydrogen (secondary N) is 1. The molecule has 21 heavy (non-hydrogen) atoms. The molecule has 0 saturated heterocycles. The standard InChI is InChI=1S/C17H19NO2S/c1-2-5-15(6-3-1)21-12-9-18-14-7-8-16-17(13-14)20-11-4-10-19-16/h1-3,5-8,13,18H,4,9-12H2. The van der Waals surface area contributed by atoms with E-state index >= 15 is 0 Å². The van der Waals surface area contributed by atoms with E-state index in [2.05, 4.69) is 29.6 Å². The molecule has 1 heterocycles. The molecule has 0 aromatic heterocycles. The molecule has 2 aromatic carbocycles. The summed E-state index contributed by atoms with van der Waals surface area (Å²) in [4.78, 5) is 1.30. The summed E-state index contributed by atoms with van der Waals surface area (Å²) in [6.07, 6.45) is 0.936. The molecule has 1 N–H and O–H groups in total. The maximum absolute atomic E-state index is 5.69. The number of fused-ring (bicyclic) bond motifs is 1. The van der Waals surface area contributed by atoms with Gasteiger partial charge in [-0.15, -0.1) is 11.8 Å². The molecule has 110 valence electrons. The Morgan fingerprint density at radius 3 is 2.62 bits per heavy atom. The van der Waals surface area contributed by atoms with Crippen molar-refractivity contribution in [2.75, 3.05) is 30.8 Å². The second-order valence-corrected chi connectivity index (χ2v) is 5.97. The number of ether oxygens (including phenoxy) is 2. The van der Waals surface area contributed by atoms with Gasteiger partial charge in [-0.05, 0) is 24.3 Å². The van der Waals surface area contributed by atoms with Crippen molar-refractivity contribution in [3.8, 4) is 11.5 Å². The largest absolute Gasteiger partial charge is 0.490 e. The average molecular weight is 301 g/mol. The van der Waals surface area contributed by atoms with E-state index in [9.17, 15) is 0 Å². The number of anilines is 1. The third-order valence-electron chi connectivity index (χ3n) is 3.19. The molecule has 0 amide bonds. The van der Waals surface area contributed by atoms with Gasteiger partial charge in [-0.3, -0.25) is 0 Å². The zero-order chi connectivity index (χ0) is 14.3. The predicted octanol–water partition coefficient (Wildman–Crippen LogP) is 4.05. The summed E-state index contributed by atoms with van der Waals surface area (Å²) in [6.45, 7) is 2.37. The van der Waals surface area contributed by atoms with Crippen molar-refractivity contribution in [2.45, 2.75) is 11.3 Å². The number of hydrogen-bond donors (Lipinski definition) is 1. The molecule has 2 aromatic rings. The lowest BCUT2D eigenvalue weighted by Gasteiger charge is -2.11. The van der Waals surface area contributed by atoms with Crippen molar-refractivity contribution < 1.29 is 9.47 Å². The van der Waals surface area contributed by atoms with Gasteiger partial charge in [-0.2, -0.15) is 0 Å². The average Bonchev–Trinajstić information content (AvgIpc) is 2.77. The van der Waals surface area contributed by atoms with Gasteiger partial charge in [0.15, 0.2) is 11.5 Å². The first-order valence-corrected chi connectivity index (χ1v) is 8.22. The van der Waals surface area contributed by atoms with Gasteiger partial charge in [0.2, 0.25) is 0 Å². The van der Waals surface area contributed by atoms with Crippen molar-refractivity contribution in [1.29, 1.82) is 0 Å². The first kappa shape index (κ1) is 14.1. The van der Waals surface area contributed by atoms with Crippen LogP contribution < -0.4 is 14.8 Å². The Balaban J connectivity index is 1.50. The fourth-order valence-electron chi connectivity index (χ4n) is 2.15. The highest BCUT2D eigenvalue weighted by Crippen LogP contribution is 2.32. The molecule has 0 spiro atoms. The normalized spacial score (nSPS) is 13.5. The van der Waals surface area contributed by atoms with Gasteiger partial charge in [-0.1, -0.05) is 18.2 Å². The molecule has 0 saturated carbocycles. The Morgan fingerprint density at radius 1 is 0.952 bits per heavy atom. The van der Waals surface area contributed by atoms with Gasteiger partial charge in [0.1, 0.15) is 0 Å². The molecule has 0 unspecified atom stereocenters. The topological polar surface area (TPSA) is 30.5 Å². The Hall–Kier alpha value is -1.81. The molecule has 0 aliphatic carbocycles. The zero-order valence-electron chi connectivity index (χ0n) is 11.9. The lowest BCUT2D eigenvalue weighted by atomic mass is 10.2. The van der Waals surface area contributed by atoms with E-state index < -0.39 is 0 Å². The third-order valence-corrected chi connectivity index (χ3v) is 4.20. The second-order valence-electron chi connectivity index (χ2n) is 4.80. The highest BCUT2D eigenvalue weighted by Gasteiger charge is 2.10. The van der Waals surface area contributed by atoms with Crippen LogP contribution in [0.3, 0.4) is 0 Å². The highest BCUT2D eigenvalue weighted by atomic mass is 32.2. The van der Waals surface area contributed by atoms with Crippen molar-refractivity contribution >= 4 is 17.4 Å². The van der Waals surface area contributed by atoms with E-state index in [-0.39, 0.29) is 0 Å². The summed E-state index contributed by atoms with van der Waals surface area (Å²) in [7, 11) is 0. The summed E-state index contributed by atoms with van der Waals surface area (Å²) in [6, 6.07) is 16.5. The smallest absolute Gasteiger partial charge is 0.163 e. The lowest BCUT2D eigenvalue weighted by Crippen LogP contribution is -2.04. The quantitative estimate of drug-likeness (QED) is 0.666. The molecule has 3 nitrogen and oxygen atoms in total. The molecule has 3 rings (SSSR count). The second kappa shape index (κ2) is 7.27. The summed E-state index contributed by atoms with van der Waals surface area (Å²) < 4.78 is 11.3. The van der Waals surface area contributed by atoms with Crippen LogP contribution in [0.1, 0.15) is 6.42 Å². The lowest BCUT2D eigenvalue weighted by molar-refractivity contribution is 0.297. The van der Waals surface area contributed by atoms with E-state index in [1.165, 1.54) is 4.90 Å². The fourth-order valence-corrected chi connectivity index (χ4v) is 2.94. The van der Waals surface area contributed by atoms with Crippen LogP contribution in [0.4, 0.5) is 5.69 Å². The van der Waals surface area contributed by atoms with Crippen LogP contribution in [0.2, 0.25) is 0 Å². The maximum atomic E-state index is 5.69. The highest BCUT2D eigenvalue weighted by molar-refractivity contribution is 7.99. The van der Waals surface area contributed by atoms with Gasteiger partial charge in [0.05, 0.1) is 13.2 Å². The van der Waals surface area contributed by atoms with Crippen LogP contribution in [0.5, 0.6) is 11.5 Å². The summed E-state index contributed by atoms with van der Waals surface area (Å²) in [5, 5.41) is 3.43. The number of rotatable bonds is 5. The number of thioether (sulfide) groups is 1. The molecule has 0 radical (unpaired) electrons. The van der Waals surface area contributed by atoms with Crippen molar-refractivity contribution in [3.05, 3.63) is 48.5 Å². The maximum Gasteiger partial charge on any atom is 0.163 e. The van der Waals surface area contributed by atoms with Gasteiger partial charge in [-0.25, -0.2) is 0 Å². The Kier molecular flexibility index (Phi) is 4.90. The van der Waals surface area contributed by atoms with E-state index in [0.717, 1.165) is 49.1 Å². The predicted molar refractivity (Wildman–Crippen MR) is 87.7 cm³/mol. The van der Waals surface area contributed by atoms with Crippen molar-refractivity contribution in [1.82, 2.24) is 0 Å². The van der Waals surface area contributed by atoms with E-state index in [0.29, 0.717) is 0 Å². The van der Waals surface area contributed by atoms with Gasteiger partial charge in [0.25, 0.3) is 0 Å². The van der Waals surface area contributed by atoms with Crippen LogP contribution in [-0.2, 0) is 0 Å².